The van der Waals surface area contributed by atoms with E-state index in [2.05, 4.69) is 5.16 Å². The number of morpholine rings is 1. The number of hydrogen-bond donors (Lipinski definition) is 1. The third-order valence-electron chi connectivity index (χ3n) is 5.24. The zero-order valence-electron chi connectivity index (χ0n) is 16.3. The summed E-state index contributed by atoms with van der Waals surface area (Å²) < 4.78 is 31.4. The van der Waals surface area contributed by atoms with Crippen molar-refractivity contribution in [3.63, 3.8) is 0 Å². The van der Waals surface area contributed by atoms with Crippen LogP contribution in [0.1, 0.15) is 31.1 Å². The van der Waals surface area contributed by atoms with Gasteiger partial charge >= 0.3 is 6.09 Å². The zero-order chi connectivity index (χ0) is 20.9. The van der Waals surface area contributed by atoms with Gasteiger partial charge < -0.3 is 24.0 Å². The molecule has 1 amide bonds. The molecular weight excluding hydrogens is 385 g/mol. The number of amides is 1. The van der Waals surface area contributed by atoms with Gasteiger partial charge in [-0.25, -0.2) is 14.1 Å². The van der Waals surface area contributed by atoms with E-state index in [1.165, 1.54) is 13.0 Å². The Labute approximate surface area is 165 Å². The molecule has 156 valence electrons. The van der Waals surface area contributed by atoms with E-state index in [1.807, 2.05) is 13.8 Å². The number of aldehydes is 1. The summed E-state index contributed by atoms with van der Waals surface area (Å²) in [7, 11) is 0. The van der Waals surface area contributed by atoms with E-state index in [0.717, 1.165) is 4.90 Å². The van der Waals surface area contributed by atoms with E-state index < -0.39 is 24.1 Å². The van der Waals surface area contributed by atoms with Crippen LogP contribution >= 0.6 is 0 Å². The average molecular weight is 407 g/mol. The van der Waals surface area contributed by atoms with Crippen LogP contribution in [-0.4, -0.2) is 66.7 Å². The molecule has 0 bridgehead atoms. The predicted octanol–water partition coefficient (Wildman–Crippen LogP) is 2.10. The number of benzene rings is 1. The van der Waals surface area contributed by atoms with Crippen LogP contribution in [0.2, 0.25) is 0 Å². The number of cyclic esters (lactones) is 1. The summed E-state index contributed by atoms with van der Waals surface area (Å²) in [4.78, 5) is 26.9. The molecule has 1 aromatic heterocycles. The molecule has 2 aliphatic rings. The molecule has 2 fully saturated rings. The van der Waals surface area contributed by atoms with Gasteiger partial charge in [-0.05, 0) is 26.8 Å². The zero-order valence-corrected chi connectivity index (χ0v) is 16.3. The minimum absolute atomic E-state index is 0.00524. The van der Waals surface area contributed by atoms with Crippen LogP contribution in [0.3, 0.4) is 0 Å². The Balaban J connectivity index is 1.83. The van der Waals surface area contributed by atoms with Gasteiger partial charge in [0.05, 0.1) is 29.4 Å². The highest BCUT2D eigenvalue weighted by Crippen LogP contribution is 2.38. The molecule has 1 N–H and O–H groups in total. The van der Waals surface area contributed by atoms with E-state index in [-0.39, 0.29) is 46.9 Å². The van der Waals surface area contributed by atoms with Crippen molar-refractivity contribution in [3.8, 4) is 0 Å². The van der Waals surface area contributed by atoms with Crippen molar-refractivity contribution < 1.29 is 33.1 Å². The molecule has 10 heteroatoms. The fourth-order valence-electron chi connectivity index (χ4n) is 4.02. The Hall–Kier alpha value is -2.72. The Morgan fingerprint density at radius 2 is 2.03 bits per heavy atom. The second-order valence-electron chi connectivity index (χ2n) is 7.55. The van der Waals surface area contributed by atoms with Gasteiger partial charge in [0.25, 0.3) is 0 Å². The number of aliphatic hydroxyl groups excluding tert-OH is 1. The predicted molar refractivity (Wildman–Crippen MR) is 101 cm³/mol. The summed E-state index contributed by atoms with van der Waals surface area (Å²) in [5.41, 5.74) is 0.0617. The van der Waals surface area contributed by atoms with Crippen LogP contribution in [-0.2, 0) is 9.47 Å². The van der Waals surface area contributed by atoms with Crippen LogP contribution in [0.25, 0.3) is 11.0 Å². The van der Waals surface area contributed by atoms with Crippen molar-refractivity contribution in [2.45, 2.75) is 45.1 Å². The number of ether oxygens (including phenoxy) is 2. The number of fused-ring (bicyclic) bond motifs is 1. The normalized spacial score (nSPS) is 26.1. The Bertz CT molecular complexity index is 951. The molecule has 1 unspecified atom stereocenters. The van der Waals surface area contributed by atoms with Gasteiger partial charge in [0.1, 0.15) is 12.6 Å². The molecule has 4 rings (SSSR count). The molecule has 9 nitrogen and oxygen atoms in total. The minimum Gasteiger partial charge on any atom is -0.447 e. The Morgan fingerprint density at radius 3 is 2.66 bits per heavy atom. The Kier molecular flexibility index (Phi) is 4.91. The molecule has 1 aromatic carbocycles. The van der Waals surface area contributed by atoms with Crippen LogP contribution in [0.5, 0.6) is 0 Å². The van der Waals surface area contributed by atoms with Gasteiger partial charge in [-0.3, -0.25) is 4.79 Å². The first-order chi connectivity index (χ1) is 13.8. The lowest BCUT2D eigenvalue weighted by Gasteiger charge is -2.37. The number of nitrogens with zero attached hydrogens (tertiary/aromatic N) is 3. The molecule has 0 saturated carbocycles. The van der Waals surface area contributed by atoms with Crippen LogP contribution in [0.15, 0.2) is 10.6 Å². The molecule has 4 atom stereocenters. The quantitative estimate of drug-likeness (QED) is 0.769. The highest BCUT2D eigenvalue weighted by atomic mass is 19.1. The number of hydrogen-bond acceptors (Lipinski definition) is 8. The molecule has 29 heavy (non-hydrogen) atoms. The summed E-state index contributed by atoms with van der Waals surface area (Å²) in [5, 5.41) is 14.0. The van der Waals surface area contributed by atoms with E-state index in [0.29, 0.717) is 19.4 Å². The number of rotatable bonds is 4. The number of carbonyl (C=O) groups excluding carboxylic acids is 2. The van der Waals surface area contributed by atoms with Crippen molar-refractivity contribution >= 4 is 34.9 Å². The lowest BCUT2D eigenvalue weighted by Crippen LogP contribution is -2.46. The van der Waals surface area contributed by atoms with Gasteiger partial charge in [0.2, 0.25) is 5.58 Å². The summed E-state index contributed by atoms with van der Waals surface area (Å²) in [6.45, 7) is 6.06. The van der Waals surface area contributed by atoms with Crippen molar-refractivity contribution in [2.24, 2.45) is 0 Å². The van der Waals surface area contributed by atoms with Crippen molar-refractivity contribution in [3.05, 3.63) is 17.4 Å². The molecule has 2 aromatic rings. The first-order valence-corrected chi connectivity index (χ1v) is 9.43. The number of aliphatic hydroxyl groups is 1. The molecule has 2 aliphatic heterocycles. The van der Waals surface area contributed by atoms with Crippen molar-refractivity contribution in [1.82, 2.24) is 5.16 Å². The number of halogens is 1. The second-order valence-corrected chi connectivity index (χ2v) is 7.55. The van der Waals surface area contributed by atoms with E-state index in [1.54, 1.807) is 4.90 Å². The molecule has 3 heterocycles. The maximum atomic E-state index is 15.4. The molecular formula is C19H22FN3O6. The summed E-state index contributed by atoms with van der Waals surface area (Å²) in [6.07, 6.45) is -1.33. The van der Waals surface area contributed by atoms with Gasteiger partial charge in [-0.15, -0.1) is 0 Å². The van der Waals surface area contributed by atoms with E-state index in [9.17, 15) is 14.7 Å². The second kappa shape index (κ2) is 7.27. The summed E-state index contributed by atoms with van der Waals surface area (Å²) in [6, 6.07) is 0.751. The molecule has 2 saturated heterocycles. The molecule has 0 radical (unpaired) electrons. The maximum Gasteiger partial charge on any atom is 0.416 e. The average Bonchev–Trinajstić information content (AvgIpc) is 3.23. The smallest absolute Gasteiger partial charge is 0.416 e. The van der Waals surface area contributed by atoms with Crippen molar-refractivity contribution in [1.29, 1.82) is 0 Å². The van der Waals surface area contributed by atoms with Gasteiger partial charge in [0.15, 0.2) is 17.9 Å². The number of aromatic nitrogens is 1. The lowest BCUT2D eigenvalue weighted by atomic mass is 10.1. The first-order valence-electron chi connectivity index (χ1n) is 9.43. The van der Waals surface area contributed by atoms with Crippen LogP contribution in [0, 0.1) is 5.82 Å². The van der Waals surface area contributed by atoms with Gasteiger partial charge in [-0.1, -0.05) is 5.16 Å². The minimum atomic E-state index is -0.904. The third-order valence-corrected chi connectivity index (χ3v) is 5.24. The molecule has 0 spiro atoms. The standard InChI is InChI=1S/C19H22FN3O6/c1-9-5-22(6-10(2)28-9)16-12(7-24)4-13-17(15(16)20)29-21-18(13)23-14(11(3)25)8-27-19(23)26/h4,7,9-11,14,25H,5-6,8H2,1-3H3/t9-,10-,11-,14?/m1/s1. The number of carbonyl (C=O) groups is 2. The van der Waals surface area contributed by atoms with Crippen LogP contribution in [0.4, 0.5) is 20.7 Å². The molecule has 0 aliphatic carbocycles. The monoisotopic (exact) mass is 407 g/mol. The highest BCUT2D eigenvalue weighted by Gasteiger charge is 2.41. The fourth-order valence-corrected chi connectivity index (χ4v) is 4.02. The van der Waals surface area contributed by atoms with Gasteiger partial charge in [-0.2, -0.15) is 0 Å². The Morgan fingerprint density at radius 1 is 1.34 bits per heavy atom. The lowest BCUT2D eigenvalue weighted by molar-refractivity contribution is -0.00543. The largest absolute Gasteiger partial charge is 0.447 e. The SMILES string of the molecule is C[C@@H]1CN(c2c(C=O)cc3c(N4C(=O)OCC4[C@@H](C)O)noc3c2F)C[C@@H](C)O1. The van der Waals surface area contributed by atoms with E-state index >= 15 is 4.39 Å². The first kappa shape index (κ1) is 19.6. The third kappa shape index (κ3) is 3.22. The fraction of sp³-hybridized carbons (Fsp3) is 0.526. The highest BCUT2D eigenvalue weighted by molar-refractivity contribution is 6.03. The summed E-state index contributed by atoms with van der Waals surface area (Å²) >= 11 is 0. The topological polar surface area (TPSA) is 105 Å². The van der Waals surface area contributed by atoms with Crippen molar-refractivity contribution in [2.75, 3.05) is 29.5 Å². The number of anilines is 2. The van der Waals surface area contributed by atoms with Crippen LogP contribution < -0.4 is 9.80 Å². The van der Waals surface area contributed by atoms with Gasteiger partial charge in [0, 0.05) is 18.7 Å². The maximum absolute atomic E-state index is 15.4. The van der Waals surface area contributed by atoms with E-state index in [4.69, 9.17) is 14.0 Å². The summed E-state index contributed by atoms with van der Waals surface area (Å²) in [5.74, 6) is -0.725.